The average molecular weight is 238 g/mol. The van der Waals surface area contributed by atoms with E-state index in [0.29, 0.717) is 22.4 Å². The van der Waals surface area contributed by atoms with E-state index in [1.54, 1.807) is 6.07 Å². The Morgan fingerprint density at radius 3 is 2.88 bits per heavy atom. The van der Waals surface area contributed by atoms with Crippen LogP contribution in [-0.4, -0.2) is 23.9 Å². The molecule has 0 aliphatic carbocycles. The predicted molar refractivity (Wildman–Crippen MR) is 67.6 cm³/mol. The van der Waals surface area contributed by atoms with Crippen molar-refractivity contribution in [3.05, 3.63) is 16.3 Å². The van der Waals surface area contributed by atoms with Crippen LogP contribution in [0.4, 0.5) is 5.69 Å². The van der Waals surface area contributed by atoms with E-state index in [9.17, 15) is 4.79 Å². The van der Waals surface area contributed by atoms with E-state index in [4.69, 9.17) is 5.73 Å². The summed E-state index contributed by atoms with van der Waals surface area (Å²) in [7, 11) is 0. The van der Waals surface area contributed by atoms with Gasteiger partial charge in [-0.1, -0.05) is 13.8 Å². The minimum atomic E-state index is 0.107. The summed E-state index contributed by atoms with van der Waals surface area (Å²) in [5.74, 6) is 1.40. The van der Waals surface area contributed by atoms with Crippen LogP contribution in [0.25, 0.3) is 0 Å². The normalized spacial score (nSPS) is 20.7. The molecule has 1 amide bonds. The Kier molecular flexibility index (Phi) is 3.19. The maximum atomic E-state index is 12.2. The highest BCUT2D eigenvalue weighted by atomic mass is 32.1. The standard InChI is InChI=1S/C12H18N2OS/c1-8(2)9-3-5-14(7-9)12(15)11-10(13)4-6-16-11/h4,6,8-9H,3,5,7,13H2,1-2H3. The van der Waals surface area contributed by atoms with Crippen LogP contribution in [0.5, 0.6) is 0 Å². The molecule has 0 spiro atoms. The first-order chi connectivity index (χ1) is 7.59. The summed E-state index contributed by atoms with van der Waals surface area (Å²) in [5, 5.41) is 1.87. The first kappa shape index (κ1) is 11.5. The molecule has 1 aliphatic rings. The molecule has 0 bridgehead atoms. The van der Waals surface area contributed by atoms with Crippen molar-refractivity contribution >= 4 is 22.9 Å². The number of rotatable bonds is 2. The van der Waals surface area contributed by atoms with Gasteiger partial charge < -0.3 is 10.6 Å². The zero-order valence-electron chi connectivity index (χ0n) is 9.77. The summed E-state index contributed by atoms with van der Waals surface area (Å²) in [5.41, 5.74) is 6.38. The second-order valence-corrected chi connectivity index (χ2v) is 5.67. The SMILES string of the molecule is CC(C)C1CCN(C(=O)c2sccc2N)C1. The van der Waals surface area contributed by atoms with E-state index in [0.717, 1.165) is 19.5 Å². The van der Waals surface area contributed by atoms with Crippen molar-refractivity contribution in [1.29, 1.82) is 0 Å². The van der Waals surface area contributed by atoms with Gasteiger partial charge in [0.05, 0.1) is 5.69 Å². The van der Waals surface area contributed by atoms with Crippen molar-refractivity contribution in [2.45, 2.75) is 20.3 Å². The van der Waals surface area contributed by atoms with Gasteiger partial charge in [-0.2, -0.15) is 0 Å². The maximum Gasteiger partial charge on any atom is 0.266 e. The second-order valence-electron chi connectivity index (χ2n) is 4.75. The van der Waals surface area contributed by atoms with Crippen LogP contribution in [0.2, 0.25) is 0 Å². The Labute approximate surface area is 100 Å². The second kappa shape index (κ2) is 4.45. The Morgan fingerprint density at radius 2 is 2.38 bits per heavy atom. The van der Waals surface area contributed by atoms with Gasteiger partial charge in [0, 0.05) is 13.1 Å². The number of hydrogen-bond donors (Lipinski definition) is 1. The smallest absolute Gasteiger partial charge is 0.266 e. The third kappa shape index (κ3) is 2.07. The Balaban J connectivity index is 2.05. The van der Waals surface area contributed by atoms with Crippen LogP contribution >= 0.6 is 11.3 Å². The average Bonchev–Trinajstić information content (AvgIpc) is 2.84. The molecular weight excluding hydrogens is 220 g/mol. The summed E-state index contributed by atoms with van der Waals surface area (Å²) in [6.07, 6.45) is 1.12. The van der Waals surface area contributed by atoms with Crippen molar-refractivity contribution < 1.29 is 4.79 Å². The quantitative estimate of drug-likeness (QED) is 0.860. The topological polar surface area (TPSA) is 46.3 Å². The van der Waals surface area contributed by atoms with Crippen molar-refractivity contribution in [2.24, 2.45) is 11.8 Å². The van der Waals surface area contributed by atoms with Gasteiger partial charge in [0.15, 0.2) is 0 Å². The maximum absolute atomic E-state index is 12.2. The molecule has 2 heterocycles. The lowest BCUT2D eigenvalue weighted by Gasteiger charge is -2.17. The molecule has 88 valence electrons. The predicted octanol–water partition coefficient (Wildman–Crippen LogP) is 2.45. The first-order valence-corrected chi connectivity index (χ1v) is 6.59. The minimum Gasteiger partial charge on any atom is -0.397 e. The Morgan fingerprint density at radius 1 is 1.62 bits per heavy atom. The summed E-state index contributed by atoms with van der Waals surface area (Å²) >= 11 is 1.44. The third-order valence-electron chi connectivity index (χ3n) is 3.34. The van der Waals surface area contributed by atoms with Gasteiger partial charge in [-0.15, -0.1) is 11.3 Å². The molecule has 1 aromatic heterocycles. The number of nitrogens with zero attached hydrogens (tertiary/aromatic N) is 1. The van der Waals surface area contributed by atoms with Crippen LogP contribution < -0.4 is 5.73 Å². The fraction of sp³-hybridized carbons (Fsp3) is 0.583. The van der Waals surface area contributed by atoms with E-state index in [1.807, 2.05) is 10.3 Å². The molecule has 0 aromatic carbocycles. The molecular formula is C12H18N2OS. The Hall–Kier alpha value is -1.03. The van der Waals surface area contributed by atoms with Gasteiger partial charge in [0.25, 0.3) is 5.91 Å². The molecule has 1 fully saturated rings. The van der Waals surface area contributed by atoms with Crippen molar-refractivity contribution in [3.8, 4) is 0 Å². The van der Waals surface area contributed by atoms with Gasteiger partial charge in [-0.25, -0.2) is 0 Å². The van der Waals surface area contributed by atoms with E-state index in [-0.39, 0.29) is 5.91 Å². The van der Waals surface area contributed by atoms with Crippen LogP contribution in [0.1, 0.15) is 29.9 Å². The summed E-state index contributed by atoms with van der Waals surface area (Å²) in [6.45, 7) is 6.20. The highest BCUT2D eigenvalue weighted by molar-refractivity contribution is 7.12. The molecule has 2 rings (SSSR count). The number of amides is 1. The number of nitrogen functional groups attached to an aromatic ring is 1. The number of thiophene rings is 1. The first-order valence-electron chi connectivity index (χ1n) is 5.72. The van der Waals surface area contributed by atoms with E-state index in [2.05, 4.69) is 13.8 Å². The molecule has 16 heavy (non-hydrogen) atoms. The highest BCUT2D eigenvalue weighted by Crippen LogP contribution is 2.27. The minimum absolute atomic E-state index is 0.107. The van der Waals surface area contributed by atoms with Gasteiger partial charge in [0.2, 0.25) is 0 Å². The zero-order valence-corrected chi connectivity index (χ0v) is 10.6. The molecule has 4 heteroatoms. The lowest BCUT2D eigenvalue weighted by atomic mass is 9.95. The van der Waals surface area contributed by atoms with Crippen molar-refractivity contribution in [3.63, 3.8) is 0 Å². The molecule has 1 atom stereocenters. The van der Waals surface area contributed by atoms with Crippen LogP contribution in [-0.2, 0) is 0 Å². The fourth-order valence-corrected chi connectivity index (χ4v) is 2.94. The van der Waals surface area contributed by atoms with Crippen LogP contribution in [0.3, 0.4) is 0 Å². The van der Waals surface area contributed by atoms with Crippen molar-refractivity contribution in [2.75, 3.05) is 18.8 Å². The highest BCUT2D eigenvalue weighted by Gasteiger charge is 2.29. The van der Waals surface area contributed by atoms with E-state index < -0.39 is 0 Å². The third-order valence-corrected chi connectivity index (χ3v) is 4.26. The number of carbonyl (C=O) groups excluding carboxylic acids is 1. The van der Waals surface area contributed by atoms with Crippen LogP contribution in [0.15, 0.2) is 11.4 Å². The van der Waals surface area contributed by atoms with E-state index >= 15 is 0 Å². The zero-order chi connectivity index (χ0) is 11.7. The lowest BCUT2D eigenvalue weighted by molar-refractivity contribution is 0.0790. The van der Waals surface area contributed by atoms with E-state index in [1.165, 1.54) is 11.3 Å². The summed E-state index contributed by atoms with van der Waals surface area (Å²) in [4.78, 5) is 14.8. The number of carbonyl (C=O) groups is 1. The van der Waals surface area contributed by atoms with Gasteiger partial charge in [0.1, 0.15) is 4.88 Å². The molecule has 0 saturated carbocycles. The lowest BCUT2D eigenvalue weighted by Crippen LogP contribution is -2.29. The Bertz CT molecular complexity index is 386. The molecule has 3 nitrogen and oxygen atoms in total. The molecule has 1 saturated heterocycles. The molecule has 1 unspecified atom stereocenters. The molecule has 1 aromatic rings. The fourth-order valence-electron chi connectivity index (χ4n) is 2.15. The number of nitrogens with two attached hydrogens (primary N) is 1. The number of anilines is 1. The summed E-state index contributed by atoms with van der Waals surface area (Å²) in [6, 6.07) is 1.80. The largest absolute Gasteiger partial charge is 0.397 e. The summed E-state index contributed by atoms with van der Waals surface area (Å²) < 4.78 is 0. The number of hydrogen-bond acceptors (Lipinski definition) is 3. The van der Waals surface area contributed by atoms with Crippen molar-refractivity contribution in [1.82, 2.24) is 4.90 Å². The number of likely N-dealkylation sites (tertiary alicyclic amines) is 1. The molecule has 0 radical (unpaired) electrons. The molecule has 2 N–H and O–H groups in total. The van der Waals surface area contributed by atoms with Gasteiger partial charge in [-0.3, -0.25) is 4.79 Å². The van der Waals surface area contributed by atoms with Crippen LogP contribution in [0, 0.1) is 11.8 Å². The van der Waals surface area contributed by atoms with Gasteiger partial charge in [-0.05, 0) is 29.7 Å². The molecule has 1 aliphatic heterocycles. The van der Waals surface area contributed by atoms with Gasteiger partial charge >= 0.3 is 0 Å². The monoisotopic (exact) mass is 238 g/mol.